The van der Waals surface area contributed by atoms with Gasteiger partial charge in [0.15, 0.2) is 17.4 Å². The number of aryl methyl sites for hydroxylation is 1. The molecule has 1 aromatic heterocycles. The second-order valence-corrected chi connectivity index (χ2v) is 6.15. The molecule has 0 amide bonds. The van der Waals surface area contributed by atoms with E-state index in [1.807, 2.05) is 30.3 Å². The first-order chi connectivity index (χ1) is 12.1. The molecule has 4 nitrogen and oxygen atoms in total. The van der Waals surface area contributed by atoms with Crippen LogP contribution in [-0.4, -0.2) is 11.0 Å². The van der Waals surface area contributed by atoms with E-state index >= 15 is 0 Å². The van der Waals surface area contributed by atoms with Crippen molar-refractivity contribution in [1.29, 1.82) is 0 Å². The Balaban J connectivity index is 1.50. The minimum absolute atomic E-state index is 0.228. The summed E-state index contributed by atoms with van der Waals surface area (Å²) in [7, 11) is 0. The molecule has 0 saturated heterocycles. The van der Waals surface area contributed by atoms with Gasteiger partial charge >= 0.3 is 5.97 Å². The highest BCUT2D eigenvalue weighted by Gasteiger charge is 2.12. The van der Waals surface area contributed by atoms with E-state index in [9.17, 15) is 4.79 Å². The fourth-order valence-corrected chi connectivity index (χ4v) is 2.61. The van der Waals surface area contributed by atoms with Gasteiger partial charge in [0.1, 0.15) is 5.02 Å². The molecule has 3 aromatic rings. The third kappa shape index (κ3) is 4.62. The maximum Gasteiger partial charge on any atom is 0.311 e. The van der Waals surface area contributed by atoms with E-state index in [4.69, 9.17) is 32.4 Å². The van der Waals surface area contributed by atoms with Gasteiger partial charge in [-0.15, -0.1) is 0 Å². The number of carbonyl (C=O) groups excluding carboxylic acids is 1. The van der Waals surface area contributed by atoms with Crippen LogP contribution in [0.25, 0.3) is 11.3 Å². The maximum absolute atomic E-state index is 11.9. The van der Waals surface area contributed by atoms with E-state index in [-0.39, 0.29) is 23.2 Å². The summed E-state index contributed by atoms with van der Waals surface area (Å²) in [4.78, 5) is 16.2. The number of benzene rings is 2. The summed E-state index contributed by atoms with van der Waals surface area (Å²) in [5.41, 5.74) is 0.969. The number of ether oxygens (including phenoxy) is 1. The summed E-state index contributed by atoms with van der Waals surface area (Å²) in [6, 6.07) is 14.6. The largest absolute Gasteiger partial charge is 0.441 e. The first-order valence-electron chi connectivity index (χ1n) is 7.78. The fraction of sp³-hybridized carbons (Fsp3) is 0.158. The third-order valence-electron chi connectivity index (χ3n) is 3.52. The Kier molecular flexibility index (Phi) is 5.74. The van der Waals surface area contributed by atoms with Gasteiger partial charge in [-0.05, 0) is 18.6 Å². The van der Waals surface area contributed by atoms with Gasteiger partial charge in [0.2, 0.25) is 0 Å². The number of rotatable bonds is 6. The van der Waals surface area contributed by atoms with E-state index in [1.54, 1.807) is 24.4 Å². The van der Waals surface area contributed by atoms with Crippen LogP contribution in [0, 0.1) is 0 Å². The van der Waals surface area contributed by atoms with Gasteiger partial charge in [0.05, 0.1) is 11.2 Å². The van der Waals surface area contributed by atoms with Crippen molar-refractivity contribution < 1.29 is 13.9 Å². The predicted molar refractivity (Wildman–Crippen MR) is 97.0 cm³/mol. The van der Waals surface area contributed by atoms with Gasteiger partial charge < -0.3 is 9.15 Å². The van der Waals surface area contributed by atoms with Crippen molar-refractivity contribution in [1.82, 2.24) is 4.98 Å². The smallest absolute Gasteiger partial charge is 0.311 e. The molecule has 0 aliphatic rings. The molecule has 0 saturated carbocycles. The van der Waals surface area contributed by atoms with Crippen molar-refractivity contribution in [3.8, 4) is 17.1 Å². The molecule has 3 rings (SSSR count). The lowest BCUT2D eigenvalue weighted by Gasteiger charge is -2.06. The SMILES string of the molecule is O=C(CCCc1ncc(-c2ccccc2)o1)Oc1cccc(Cl)c1Cl. The number of esters is 1. The molecule has 1 heterocycles. The van der Waals surface area contributed by atoms with Crippen LogP contribution in [0.5, 0.6) is 5.75 Å². The van der Waals surface area contributed by atoms with Crippen molar-refractivity contribution in [2.24, 2.45) is 0 Å². The fourth-order valence-electron chi connectivity index (χ4n) is 2.28. The van der Waals surface area contributed by atoms with E-state index in [2.05, 4.69) is 4.98 Å². The Morgan fingerprint density at radius 2 is 1.88 bits per heavy atom. The molecule has 128 valence electrons. The van der Waals surface area contributed by atoms with Crippen LogP contribution in [0.2, 0.25) is 10.0 Å². The maximum atomic E-state index is 11.9. The normalized spacial score (nSPS) is 10.6. The van der Waals surface area contributed by atoms with Crippen LogP contribution >= 0.6 is 23.2 Å². The van der Waals surface area contributed by atoms with Crippen LogP contribution in [-0.2, 0) is 11.2 Å². The highest BCUT2D eigenvalue weighted by atomic mass is 35.5. The summed E-state index contributed by atoms with van der Waals surface area (Å²) < 4.78 is 10.9. The van der Waals surface area contributed by atoms with Gasteiger partial charge in [0, 0.05) is 18.4 Å². The zero-order valence-electron chi connectivity index (χ0n) is 13.2. The minimum atomic E-state index is -0.376. The molecule has 2 aromatic carbocycles. The molecule has 25 heavy (non-hydrogen) atoms. The van der Waals surface area contributed by atoms with Crippen LogP contribution < -0.4 is 4.74 Å². The molecule has 0 aliphatic heterocycles. The molecule has 0 unspecified atom stereocenters. The molecule has 0 bridgehead atoms. The van der Waals surface area contributed by atoms with Crippen LogP contribution in [0.1, 0.15) is 18.7 Å². The lowest BCUT2D eigenvalue weighted by atomic mass is 10.2. The molecule has 0 aliphatic carbocycles. The number of hydrogen-bond acceptors (Lipinski definition) is 4. The van der Waals surface area contributed by atoms with Gasteiger partial charge in [-0.1, -0.05) is 59.6 Å². The summed E-state index contributed by atoms with van der Waals surface area (Å²) in [5, 5.41) is 0.581. The number of carbonyl (C=O) groups is 1. The number of halogens is 2. The van der Waals surface area contributed by atoms with E-state index in [0.717, 1.165) is 5.56 Å². The highest BCUT2D eigenvalue weighted by molar-refractivity contribution is 6.43. The van der Waals surface area contributed by atoms with Crippen molar-refractivity contribution in [3.63, 3.8) is 0 Å². The molecule has 0 fully saturated rings. The topological polar surface area (TPSA) is 52.3 Å². The molecule has 0 radical (unpaired) electrons. The van der Waals surface area contributed by atoms with Crippen LogP contribution in [0.15, 0.2) is 59.1 Å². The number of aromatic nitrogens is 1. The Bertz CT molecular complexity index is 862. The number of hydrogen-bond donors (Lipinski definition) is 0. The lowest BCUT2D eigenvalue weighted by molar-refractivity contribution is -0.134. The van der Waals surface area contributed by atoms with Gasteiger partial charge in [-0.3, -0.25) is 4.79 Å². The predicted octanol–water partition coefficient (Wildman–Crippen LogP) is 5.58. The average Bonchev–Trinajstić information content (AvgIpc) is 3.09. The molecular weight excluding hydrogens is 361 g/mol. The second-order valence-electron chi connectivity index (χ2n) is 5.36. The molecule has 0 spiro atoms. The van der Waals surface area contributed by atoms with Gasteiger partial charge in [-0.25, -0.2) is 4.98 Å². The van der Waals surface area contributed by atoms with Crippen LogP contribution in [0.3, 0.4) is 0 Å². The average molecular weight is 376 g/mol. The van der Waals surface area contributed by atoms with E-state index in [1.165, 1.54) is 0 Å². The van der Waals surface area contributed by atoms with Crippen molar-refractivity contribution >= 4 is 29.2 Å². The molecule has 6 heteroatoms. The van der Waals surface area contributed by atoms with E-state index < -0.39 is 0 Å². The third-order valence-corrected chi connectivity index (χ3v) is 4.32. The van der Waals surface area contributed by atoms with Crippen molar-refractivity contribution in [3.05, 3.63) is 70.7 Å². The zero-order valence-corrected chi connectivity index (χ0v) is 14.8. The summed E-state index contributed by atoms with van der Waals surface area (Å²) in [6.45, 7) is 0. The standard InChI is InChI=1S/C19H15Cl2NO3/c20-14-8-4-9-15(19(14)21)25-18(23)11-5-10-17-22-12-16(24-17)13-6-2-1-3-7-13/h1-4,6-9,12H,5,10-11H2. The summed E-state index contributed by atoms with van der Waals surface area (Å²) in [6.07, 6.45) is 3.03. The minimum Gasteiger partial charge on any atom is -0.441 e. The second kappa shape index (κ2) is 8.19. The first-order valence-corrected chi connectivity index (χ1v) is 8.54. The number of nitrogens with zero attached hydrogens (tertiary/aromatic N) is 1. The monoisotopic (exact) mass is 375 g/mol. The van der Waals surface area contributed by atoms with Crippen LogP contribution in [0.4, 0.5) is 0 Å². The molecular formula is C19H15Cl2NO3. The first kappa shape index (κ1) is 17.5. The molecule has 0 N–H and O–H groups in total. The van der Waals surface area contributed by atoms with E-state index in [0.29, 0.717) is 29.5 Å². The van der Waals surface area contributed by atoms with Crippen molar-refractivity contribution in [2.75, 3.05) is 0 Å². The quantitative estimate of drug-likeness (QED) is 0.417. The Labute approximate surface area is 155 Å². The Hall–Kier alpha value is -2.30. The Morgan fingerprint density at radius 1 is 1.08 bits per heavy atom. The zero-order chi connectivity index (χ0) is 17.6. The Morgan fingerprint density at radius 3 is 2.68 bits per heavy atom. The van der Waals surface area contributed by atoms with Gasteiger partial charge in [-0.2, -0.15) is 0 Å². The summed E-state index contributed by atoms with van der Waals surface area (Å²) in [5.74, 6) is 1.19. The van der Waals surface area contributed by atoms with Crippen molar-refractivity contribution in [2.45, 2.75) is 19.3 Å². The lowest BCUT2D eigenvalue weighted by Crippen LogP contribution is -2.08. The van der Waals surface area contributed by atoms with Gasteiger partial charge in [0.25, 0.3) is 0 Å². The molecule has 0 atom stereocenters. The summed E-state index contributed by atoms with van der Waals surface area (Å²) >= 11 is 11.9. The highest BCUT2D eigenvalue weighted by Crippen LogP contribution is 2.31. The number of oxazole rings is 1.